The highest BCUT2D eigenvalue weighted by atomic mass is 79.9. The summed E-state index contributed by atoms with van der Waals surface area (Å²) in [6.45, 7) is 5.60. The third kappa shape index (κ3) is 3.11. The fourth-order valence-corrected chi connectivity index (χ4v) is 3.98. The second kappa shape index (κ2) is 6.32. The Bertz CT molecular complexity index is 741. The lowest BCUT2D eigenvalue weighted by atomic mass is 9.69. The van der Waals surface area contributed by atoms with Crippen LogP contribution in [0.3, 0.4) is 0 Å². The molecule has 0 saturated heterocycles. The molecule has 0 bridgehead atoms. The Morgan fingerprint density at radius 1 is 1.30 bits per heavy atom. The van der Waals surface area contributed by atoms with Gasteiger partial charge in [0.1, 0.15) is 0 Å². The highest BCUT2D eigenvalue weighted by molar-refractivity contribution is 9.10. The lowest BCUT2D eigenvalue weighted by Gasteiger charge is -2.41. The fraction of sp³-hybridized carbons (Fsp3) is 0.250. The predicted octanol–water partition coefficient (Wildman–Crippen LogP) is 4.70. The number of hydrogen-bond acceptors (Lipinski definition) is 1. The van der Waals surface area contributed by atoms with Gasteiger partial charge in [-0.3, -0.25) is 4.79 Å². The smallest absolute Gasteiger partial charge is 0.217 e. The summed E-state index contributed by atoms with van der Waals surface area (Å²) in [5.41, 5.74) is 3.19. The van der Waals surface area contributed by atoms with Gasteiger partial charge in [0, 0.05) is 11.4 Å². The van der Waals surface area contributed by atoms with Crippen molar-refractivity contribution in [2.75, 3.05) is 0 Å². The van der Waals surface area contributed by atoms with Gasteiger partial charge in [0.05, 0.1) is 5.54 Å². The van der Waals surface area contributed by atoms with Gasteiger partial charge in [-0.1, -0.05) is 58.4 Å². The van der Waals surface area contributed by atoms with Crippen LogP contribution in [-0.2, 0) is 16.8 Å². The first-order valence-electron chi connectivity index (χ1n) is 7.80. The van der Waals surface area contributed by atoms with E-state index in [1.165, 1.54) is 11.1 Å². The molecular formula is C20H20BrNO. The van der Waals surface area contributed by atoms with Crippen molar-refractivity contribution in [3.05, 3.63) is 82.3 Å². The number of nitrogens with one attached hydrogen (secondary N) is 1. The molecule has 23 heavy (non-hydrogen) atoms. The summed E-state index contributed by atoms with van der Waals surface area (Å²) in [6, 6.07) is 16.8. The van der Waals surface area contributed by atoms with E-state index in [0.717, 1.165) is 22.9 Å². The zero-order valence-corrected chi connectivity index (χ0v) is 14.8. The number of hydrogen-bond donors (Lipinski definition) is 1. The van der Waals surface area contributed by atoms with Crippen LogP contribution in [0.1, 0.15) is 36.0 Å². The average Bonchev–Trinajstić information content (AvgIpc) is 2.55. The van der Waals surface area contributed by atoms with Gasteiger partial charge < -0.3 is 5.32 Å². The predicted molar refractivity (Wildman–Crippen MR) is 97.3 cm³/mol. The molecule has 2 unspecified atom stereocenters. The molecule has 1 N–H and O–H groups in total. The normalized spacial score (nSPS) is 23.0. The molecule has 3 heteroatoms. The maximum absolute atomic E-state index is 11.8. The van der Waals surface area contributed by atoms with E-state index in [2.05, 4.69) is 70.3 Å². The lowest BCUT2D eigenvalue weighted by Crippen LogP contribution is -2.47. The summed E-state index contributed by atoms with van der Waals surface area (Å²) < 4.78 is 1.02. The number of carbonyl (C=O) groups is 1. The number of rotatable bonds is 3. The minimum absolute atomic E-state index is 0.0375. The topological polar surface area (TPSA) is 29.1 Å². The van der Waals surface area contributed by atoms with Gasteiger partial charge in [-0.05, 0) is 47.6 Å². The molecular weight excluding hydrogens is 350 g/mol. The van der Waals surface area contributed by atoms with Gasteiger partial charge in [-0.15, -0.1) is 6.58 Å². The number of fused-ring (bicyclic) bond motifs is 1. The Morgan fingerprint density at radius 2 is 2.04 bits per heavy atom. The first kappa shape index (κ1) is 16.0. The molecule has 1 amide bonds. The molecule has 1 aliphatic carbocycles. The van der Waals surface area contributed by atoms with Crippen LogP contribution in [0, 0.1) is 0 Å². The summed E-state index contributed by atoms with van der Waals surface area (Å²) in [5, 5.41) is 3.15. The van der Waals surface area contributed by atoms with Crippen molar-refractivity contribution in [1.82, 2.24) is 5.32 Å². The summed E-state index contributed by atoms with van der Waals surface area (Å²) >= 11 is 3.55. The molecule has 0 aromatic heterocycles. The maximum atomic E-state index is 11.8. The zero-order valence-electron chi connectivity index (χ0n) is 13.2. The largest absolute Gasteiger partial charge is 0.343 e. The summed E-state index contributed by atoms with van der Waals surface area (Å²) in [6.07, 6.45) is 3.68. The standard InChI is InChI=1S/C20H20BrNO/c1-3-20(22-14(2)23)13-17(15-7-5-4-6-8-15)11-16-9-10-18(21)12-19(16)20/h3-10,12,17H,1,11,13H2,2H3,(H,22,23). The zero-order chi connectivity index (χ0) is 16.4. The van der Waals surface area contributed by atoms with Gasteiger partial charge in [-0.25, -0.2) is 0 Å². The van der Waals surface area contributed by atoms with Crippen LogP contribution in [0.2, 0.25) is 0 Å². The molecule has 0 saturated carbocycles. The minimum atomic E-state index is -0.524. The second-order valence-corrected chi connectivity index (χ2v) is 7.09. The van der Waals surface area contributed by atoms with E-state index in [1.807, 2.05) is 12.1 Å². The fourth-order valence-electron chi connectivity index (χ4n) is 3.62. The second-order valence-electron chi connectivity index (χ2n) is 6.17. The molecule has 2 aromatic carbocycles. The number of amides is 1. The highest BCUT2D eigenvalue weighted by Gasteiger charge is 2.39. The summed E-state index contributed by atoms with van der Waals surface area (Å²) in [7, 11) is 0. The molecule has 3 rings (SSSR count). The van der Waals surface area contributed by atoms with Crippen molar-refractivity contribution >= 4 is 21.8 Å². The molecule has 2 atom stereocenters. The van der Waals surface area contributed by atoms with Crippen LogP contribution in [-0.4, -0.2) is 5.91 Å². The van der Waals surface area contributed by atoms with E-state index < -0.39 is 5.54 Å². The third-order valence-corrected chi connectivity index (χ3v) is 5.10. The molecule has 0 spiro atoms. The van der Waals surface area contributed by atoms with Crippen molar-refractivity contribution in [2.24, 2.45) is 0 Å². The molecule has 1 aliphatic rings. The van der Waals surface area contributed by atoms with Crippen LogP contribution >= 0.6 is 15.9 Å². The van der Waals surface area contributed by atoms with Crippen molar-refractivity contribution in [2.45, 2.75) is 31.2 Å². The van der Waals surface area contributed by atoms with Crippen LogP contribution in [0.4, 0.5) is 0 Å². The Kier molecular flexibility index (Phi) is 4.40. The SMILES string of the molecule is C=CC1(NC(C)=O)CC(c2ccccc2)Cc2ccc(Br)cc21. The quantitative estimate of drug-likeness (QED) is 0.780. The van der Waals surface area contributed by atoms with E-state index in [4.69, 9.17) is 0 Å². The molecule has 2 nitrogen and oxygen atoms in total. The molecule has 0 aliphatic heterocycles. The van der Waals surface area contributed by atoms with Crippen LogP contribution in [0.5, 0.6) is 0 Å². The first-order valence-corrected chi connectivity index (χ1v) is 8.59. The van der Waals surface area contributed by atoms with Crippen LogP contribution < -0.4 is 5.32 Å². The molecule has 0 fully saturated rings. The Balaban J connectivity index is 2.11. The molecule has 0 heterocycles. The van der Waals surface area contributed by atoms with Crippen molar-refractivity contribution in [1.29, 1.82) is 0 Å². The van der Waals surface area contributed by atoms with Gasteiger partial charge in [0.2, 0.25) is 5.91 Å². The van der Waals surface area contributed by atoms with Gasteiger partial charge in [-0.2, -0.15) is 0 Å². The summed E-state index contributed by atoms with van der Waals surface area (Å²) in [5.74, 6) is 0.319. The minimum Gasteiger partial charge on any atom is -0.343 e. The van der Waals surface area contributed by atoms with E-state index in [9.17, 15) is 4.79 Å². The van der Waals surface area contributed by atoms with Crippen molar-refractivity contribution in [3.8, 4) is 0 Å². The van der Waals surface area contributed by atoms with Crippen LogP contribution in [0.15, 0.2) is 65.7 Å². The lowest BCUT2D eigenvalue weighted by molar-refractivity contribution is -0.120. The van der Waals surface area contributed by atoms with E-state index >= 15 is 0 Å². The summed E-state index contributed by atoms with van der Waals surface area (Å²) in [4.78, 5) is 11.8. The van der Waals surface area contributed by atoms with E-state index in [1.54, 1.807) is 6.92 Å². The molecule has 118 valence electrons. The number of halogens is 1. The number of carbonyl (C=O) groups excluding carboxylic acids is 1. The maximum Gasteiger partial charge on any atom is 0.217 e. The van der Waals surface area contributed by atoms with E-state index in [-0.39, 0.29) is 5.91 Å². The molecule has 0 radical (unpaired) electrons. The Labute approximate surface area is 145 Å². The Morgan fingerprint density at radius 3 is 2.70 bits per heavy atom. The Hall–Kier alpha value is -1.87. The van der Waals surface area contributed by atoms with Crippen molar-refractivity contribution in [3.63, 3.8) is 0 Å². The molecule has 2 aromatic rings. The first-order chi connectivity index (χ1) is 11.0. The number of benzene rings is 2. The van der Waals surface area contributed by atoms with Crippen LogP contribution in [0.25, 0.3) is 0 Å². The van der Waals surface area contributed by atoms with Gasteiger partial charge in [0.25, 0.3) is 0 Å². The van der Waals surface area contributed by atoms with Crippen molar-refractivity contribution < 1.29 is 4.79 Å². The highest BCUT2D eigenvalue weighted by Crippen LogP contribution is 2.44. The van der Waals surface area contributed by atoms with Gasteiger partial charge >= 0.3 is 0 Å². The van der Waals surface area contributed by atoms with E-state index in [0.29, 0.717) is 5.92 Å². The average molecular weight is 370 g/mol. The third-order valence-electron chi connectivity index (χ3n) is 4.61. The monoisotopic (exact) mass is 369 g/mol. The van der Waals surface area contributed by atoms with Gasteiger partial charge in [0.15, 0.2) is 0 Å².